The summed E-state index contributed by atoms with van der Waals surface area (Å²) < 4.78 is 0. The fourth-order valence-electron chi connectivity index (χ4n) is 1.92. The molecule has 0 heterocycles. The topological polar surface area (TPSA) is 80.5 Å². The van der Waals surface area contributed by atoms with Crippen molar-refractivity contribution >= 4 is 29.2 Å². The summed E-state index contributed by atoms with van der Waals surface area (Å²) in [6.07, 6.45) is 5.91. The van der Waals surface area contributed by atoms with Gasteiger partial charge in [-0.2, -0.15) is 0 Å². The van der Waals surface area contributed by atoms with Gasteiger partial charge in [0.15, 0.2) is 5.62 Å². The zero-order valence-corrected chi connectivity index (χ0v) is 13.3. The van der Waals surface area contributed by atoms with Crippen LogP contribution in [0.15, 0.2) is 0 Å². The second-order valence-corrected chi connectivity index (χ2v) is 5.93. The lowest BCUT2D eigenvalue weighted by molar-refractivity contribution is -0.130. The van der Waals surface area contributed by atoms with E-state index in [1.165, 1.54) is 0 Å². The van der Waals surface area contributed by atoms with Gasteiger partial charge in [0.25, 0.3) is 0 Å². The van der Waals surface area contributed by atoms with E-state index in [-0.39, 0.29) is 23.5 Å². The van der Waals surface area contributed by atoms with Crippen LogP contribution in [0.4, 0.5) is 0 Å². The molecule has 0 rings (SSSR count). The van der Waals surface area contributed by atoms with E-state index in [9.17, 15) is 14.4 Å². The average Bonchev–Trinajstić information content (AvgIpc) is 2.41. The first-order valence-corrected chi connectivity index (χ1v) is 8.09. The van der Waals surface area contributed by atoms with Gasteiger partial charge in [-0.3, -0.25) is 14.4 Å². The highest BCUT2D eigenvalue weighted by molar-refractivity contribution is 8.13. The Morgan fingerprint density at radius 1 is 1.25 bits per heavy atom. The molecule has 5 nitrogen and oxygen atoms in total. The molecule has 0 aliphatic rings. The minimum Gasteiger partial charge on any atom is -0.370 e. The van der Waals surface area contributed by atoms with Crippen molar-refractivity contribution in [3.8, 4) is 0 Å². The van der Waals surface area contributed by atoms with Crippen LogP contribution in [-0.2, 0) is 14.4 Å². The van der Waals surface area contributed by atoms with Gasteiger partial charge in [0.1, 0.15) is 0 Å². The van der Waals surface area contributed by atoms with Gasteiger partial charge < -0.3 is 10.6 Å². The van der Waals surface area contributed by atoms with E-state index in [1.54, 1.807) is 11.9 Å². The van der Waals surface area contributed by atoms with E-state index in [1.807, 2.05) is 0 Å². The molecule has 0 saturated heterocycles. The van der Waals surface area contributed by atoms with Crippen LogP contribution in [0.5, 0.6) is 0 Å². The zero-order valence-electron chi connectivity index (χ0n) is 12.5. The van der Waals surface area contributed by atoms with Crippen molar-refractivity contribution in [3.63, 3.8) is 0 Å². The largest absolute Gasteiger partial charge is 0.370 e. The van der Waals surface area contributed by atoms with Crippen molar-refractivity contribution in [1.82, 2.24) is 4.90 Å². The zero-order chi connectivity index (χ0) is 15.4. The average molecular weight is 302 g/mol. The summed E-state index contributed by atoms with van der Waals surface area (Å²) in [5.41, 5.74) is 5.80. The number of carbonyl (C=O) groups excluding carboxylic acids is 3. The van der Waals surface area contributed by atoms with Crippen LogP contribution in [0, 0.1) is 0 Å². The highest BCUT2D eigenvalue weighted by Crippen LogP contribution is 2.18. The second-order valence-electron chi connectivity index (χ2n) is 4.90. The lowest BCUT2D eigenvalue weighted by Gasteiger charge is -2.22. The van der Waals surface area contributed by atoms with E-state index in [0.717, 1.165) is 49.5 Å². The smallest absolute Gasteiger partial charge is 0.235 e. The van der Waals surface area contributed by atoms with Gasteiger partial charge in [-0.15, -0.1) is 0 Å². The fraction of sp³-hybridized carbons (Fsp3) is 0.786. The second kappa shape index (κ2) is 11.8. The van der Waals surface area contributed by atoms with Gasteiger partial charge in [-0.05, 0) is 12.8 Å². The minimum absolute atomic E-state index is 0.0388. The summed E-state index contributed by atoms with van der Waals surface area (Å²) in [7, 11) is 1.70. The summed E-state index contributed by atoms with van der Waals surface area (Å²) in [5.74, 6) is -0.396. The van der Waals surface area contributed by atoms with Gasteiger partial charge >= 0.3 is 0 Å². The molecule has 20 heavy (non-hydrogen) atoms. The van der Waals surface area contributed by atoms with Crippen LogP contribution >= 0.6 is 11.8 Å². The van der Waals surface area contributed by atoms with Gasteiger partial charge in [-0.1, -0.05) is 44.4 Å². The molecular weight excluding hydrogens is 276 g/mol. The molecular formula is C14H26N2O3S. The molecule has 1 atom stereocenters. The highest BCUT2D eigenvalue weighted by atomic mass is 32.2. The van der Waals surface area contributed by atoms with Crippen LogP contribution in [-0.4, -0.2) is 41.2 Å². The number of amides is 2. The summed E-state index contributed by atoms with van der Waals surface area (Å²) in [4.78, 5) is 35.1. The number of hydrogen-bond acceptors (Lipinski definition) is 4. The van der Waals surface area contributed by atoms with Crippen molar-refractivity contribution in [1.29, 1.82) is 0 Å². The van der Waals surface area contributed by atoms with E-state index in [4.69, 9.17) is 5.73 Å². The summed E-state index contributed by atoms with van der Waals surface area (Å²) in [5, 5.41) is -0.303. The number of hydrogen-bond donors (Lipinski definition) is 1. The van der Waals surface area contributed by atoms with Crippen LogP contribution in [0.3, 0.4) is 0 Å². The van der Waals surface area contributed by atoms with E-state index in [0.29, 0.717) is 13.0 Å². The molecule has 0 aliphatic carbocycles. The van der Waals surface area contributed by atoms with E-state index in [2.05, 4.69) is 6.92 Å². The molecule has 0 saturated carbocycles. The molecule has 1 unspecified atom stereocenters. The number of rotatable bonds is 12. The molecule has 0 aromatic rings. The maximum absolute atomic E-state index is 12.2. The molecule has 6 heteroatoms. The third-order valence-electron chi connectivity index (χ3n) is 3.11. The van der Waals surface area contributed by atoms with Crippen molar-refractivity contribution in [3.05, 3.63) is 0 Å². The predicted molar refractivity (Wildman–Crippen MR) is 83.0 cm³/mol. The maximum atomic E-state index is 12.2. The number of thioether (sulfide) groups is 1. The molecule has 0 fully saturated rings. The molecule has 0 spiro atoms. The lowest BCUT2D eigenvalue weighted by Crippen LogP contribution is -2.35. The lowest BCUT2D eigenvalue weighted by atomic mass is 10.1. The quantitative estimate of drug-likeness (QED) is 0.441. The van der Waals surface area contributed by atoms with Gasteiger partial charge in [0, 0.05) is 20.0 Å². The predicted octanol–water partition coefficient (Wildman–Crippen LogP) is 1.97. The summed E-state index contributed by atoms with van der Waals surface area (Å²) in [6.45, 7) is 2.63. The Balaban J connectivity index is 4.17. The van der Waals surface area contributed by atoms with Crippen LogP contribution < -0.4 is 5.73 Å². The minimum atomic E-state index is -0.357. The Morgan fingerprint density at radius 3 is 2.50 bits per heavy atom. The van der Waals surface area contributed by atoms with Gasteiger partial charge in [0.05, 0.1) is 5.25 Å². The van der Waals surface area contributed by atoms with E-state index < -0.39 is 0 Å². The molecule has 0 aliphatic heterocycles. The van der Waals surface area contributed by atoms with Crippen molar-refractivity contribution < 1.29 is 14.4 Å². The van der Waals surface area contributed by atoms with Crippen LogP contribution in [0.1, 0.15) is 51.9 Å². The first-order valence-electron chi connectivity index (χ1n) is 7.15. The Labute approximate surface area is 125 Å². The fourth-order valence-corrected chi connectivity index (χ4v) is 2.65. The third-order valence-corrected chi connectivity index (χ3v) is 3.99. The Bertz CT molecular complexity index is 311. The number of nitrogens with zero attached hydrogens (tertiary/aromatic N) is 1. The van der Waals surface area contributed by atoms with Gasteiger partial charge in [-0.25, -0.2) is 0 Å². The number of primary amides is 1. The number of carbonyl (C=O) groups is 3. The van der Waals surface area contributed by atoms with Crippen LogP contribution in [0.2, 0.25) is 0 Å². The summed E-state index contributed by atoms with van der Waals surface area (Å²) in [6, 6.07) is 0. The molecule has 0 aromatic carbocycles. The number of nitrogens with two attached hydrogens (primary N) is 1. The van der Waals surface area contributed by atoms with Crippen molar-refractivity contribution in [2.75, 3.05) is 13.6 Å². The molecule has 0 bridgehead atoms. The highest BCUT2D eigenvalue weighted by Gasteiger charge is 2.21. The van der Waals surface area contributed by atoms with Crippen molar-refractivity contribution in [2.45, 2.75) is 57.1 Å². The molecule has 0 aromatic heterocycles. The Kier molecular flexibility index (Phi) is 11.1. The Morgan fingerprint density at radius 2 is 1.95 bits per heavy atom. The molecule has 116 valence electrons. The summed E-state index contributed by atoms with van der Waals surface area (Å²) >= 11 is 1.05. The molecule has 0 radical (unpaired) electrons. The van der Waals surface area contributed by atoms with Gasteiger partial charge in [0.2, 0.25) is 11.8 Å². The number of unbranched alkanes of at least 4 members (excludes halogenated alkanes) is 3. The first-order chi connectivity index (χ1) is 9.52. The molecule has 2 N–H and O–H groups in total. The van der Waals surface area contributed by atoms with Crippen molar-refractivity contribution in [2.24, 2.45) is 5.73 Å². The maximum Gasteiger partial charge on any atom is 0.235 e. The third kappa shape index (κ3) is 8.96. The normalized spacial score (nSPS) is 11.9. The van der Waals surface area contributed by atoms with E-state index >= 15 is 0 Å². The molecule has 2 amide bonds. The standard InChI is InChI=1S/C14H26N2O3S/c1-3-4-5-6-8-12(20-11-17)14(19)16(2)10-7-9-13(15)18/h11-12H,3-10H2,1-2H3,(H2,15,18). The Hall–Kier alpha value is -1.04. The van der Waals surface area contributed by atoms with Crippen LogP contribution in [0.25, 0.3) is 0 Å². The SMILES string of the molecule is CCCCCCC(SC=O)C(=O)N(C)CCCC(N)=O. The first kappa shape index (κ1) is 19.0. The monoisotopic (exact) mass is 302 g/mol.